The van der Waals surface area contributed by atoms with Crippen molar-refractivity contribution in [3.05, 3.63) is 0 Å². The van der Waals surface area contributed by atoms with E-state index in [2.05, 4.69) is 177 Å². The van der Waals surface area contributed by atoms with E-state index in [0.717, 1.165) is 51.4 Å². The minimum absolute atomic E-state index is 0.103. The molecule has 2 heterocycles. The molecule has 2 rings (SSSR count). The van der Waals surface area contributed by atoms with Crippen LogP contribution in [-0.4, -0.2) is 44.3 Å². The van der Waals surface area contributed by atoms with Crippen molar-refractivity contribution in [1.82, 2.24) is 10.6 Å². The molecule has 6 nitrogen and oxygen atoms in total. The zero-order chi connectivity index (χ0) is 46.0. The molecule has 0 radical (unpaired) electrons. The van der Waals surface area contributed by atoms with E-state index in [1.54, 1.807) is 0 Å². The van der Waals surface area contributed by atoms with Crippen LogP contribution in [-0.2, 0) is 9.59 Å². The van der Waals surface area contributed by atoms with Crippen LogP contribution in [0.1, 0.15) is 237 Å². The molecule has 0 aromatic carbocycles. The van der Waals surface area contributed by atoms with E-state index in [1.807, 2.05) is 0 Å². The third kappa shape index (κ3) is 9.15. The zero-order valence-corrected chi connectivity index (χ0v) is 43.1. The van der Waals surface area contributed by atoms with Crippen LogP contribution in [0, 0.1) is 60.6 Å². The van der Waals surface area contributed by atoms with Crippen LogP contribution in [0.5, 0.6) is 0 Å². The number of unbranched alkanes of at least 4 members (excludes halogenated alkanes) is 4. The highest BCUT2D eigenvalue weighted by molar-refractivity contribution is 5.76. The molecular formula is C52H100N2O4. The lowest BCUT2D eigenvalue weighted by atomic mass is 9.40. The van der Waals surface area contributed by atoms with Crippen LogP contribution >= 0.6 is 0 Å². The van der Waals surface area contributed by atoms with E-state index in [0.29, 0.717) is 12.8 Å². The normalized spacial score (nSPS) is 21.9. The van der Waals surface area contributed by atoms with Crippen molar-refractivity contribution in [3.63, 3.8) is 0 Å². The number of nitrogens with one attached hydrogen (secondary N) is 2. The fraction of sp³-hybridized carbons (Fsp3) is 0.962. The molecule has 0 amide bonds. The fourth-order valence-corrected chi connectivity index (χ4v) is 14.2. The minimum Gasteiger partial charge on any atom is -0.481 e. The molecule has 342 valence electrons. The summed E-state index contributed by atoms with van der Waals surface area (Å²) < 4.78 is 0. The third-order valence-corrected chi connectivity index (χ3v) is 17.1. The number of piperidine rings is 2. The molecule has 0 aromatic heterocycles. The highest BCUT2D eigenvalue weighted by atomic mass is 16.4. The Hall–Kier alpha value is -1.14. The Morgan fingerprint density at radius 1 is 0.414 bits per heavy atom. The second-order valence-corrected chi connectivity index (χ2v) is 28.1. The van der Waals surface area contributed by atoms with Crippen LogP contribution in [0.25, 0.3) is 0 Å². The van der Waals surface area contributed by atoms with E-state index in [1.165, 1.54) is 0 Å². The van der Waals surface area contributed by atoms with Gasteiger partial charge in [0.15, 0.2) is 0 Å². The van der Waals surface area contributed by atoms with Gasteiger partial charge in [0.25, 0.3) is 0 Å². The van der Waals surface area contributed by atoms with E-state index in [9.17, 15) is 15.0 Å². The van der Waals surface area contributed by atoms with Crippen LogP contribution < -0.4 is 10.6 Å². The van der Waals surface area contributed by atoms with Crippen LogP contribution in [0.4, 0.5) is 0 Å². The molecule has 4 N–H and O–H groups in total. The highest BCUT2D eigenvalue weighted by Crippen LogP contribution is 2.68. The molecule has 0 spiro atoms. The van der Waals surface area contributed by atoms with Gasteiger partial charge >= 0.3 is 11.9 Å². The van der Waals surface area contributed by atoms with Gasteiger partial charge in [-0.15, -0.1) is 0 Å². The van der Waals surface area contributed by atoms with Gasteiger partial charge in [0.05, 0.1) is 5.41 Å². The van der Waals surface area contributed by atoms with Crippen molar-refractivity contribution in [2.45, 2.75) is 259 Å². The molecule has 2 saturated heterocycles. The van der Waals surface area contributed by atoms with E-state index in [4.69, 9.17) is 0 Å². The van der Waals surface area contributed by atoms with Crippen LogP contribution in [0.15, 0.2) is 0 Å². The number of carboxylic acids is 2. The maximum absolute atomic E-state index is 15.4. The maximum atomic E-state index is 15.4. The zero-order valence-electron chi connectivity index (χ0n) is 43.1. The molecule has 0 aliphatic carbocycles. The molecule has 6 heteroatoms. The SMILES string of the molecule is CC(C)(C)C1(C(C)(C)C)CC(C(CCCCCCCC(=O)O)(C(=O)O)C2CC(C(C)(C)C)(C(C)(C)C)NC(C(C)(C)C)(C(C)(C)C)C2)CC(C(C)(C)C)(C(C)(C)C)N1. The Morgan fingerprint density at radius 2 is 0.638 bits per heavy atom. The number of carbonyl (C=O) groups is 2. The lowest BCUT2D eigenvalue weighted by Gasteiger charge is -2.72. The second-order valence-electron chi connectivity index (χ2n) is 28.1. The Morgan fingerprint density at radius 3 is 0.845 bits per heavy atom. The maximum Gasteiger partial charge on any atom is 0.310 e. The van der Waals surface area contributed by atoms with Crippen molar-refractivity contribution in [1.29, 1.82) is 0 Å². The Bertz CT molecular complexity index is 1190. The molecular weight excluding hydrogens is 717 g/mol. The van der Waals surface area contributed by atoms with Gasteiger partial charge in [0.2, 0.25) is 0 Å². The van der Waals surface area contributed by atoms with Crippen molar-refractivity contribution < 1.29 is 19.8 Å². The molecule has 58 heavy (non-hydrogen) atoms. The molecule has 0 saturated carbocycles. The average molecular weight is 817 g/mol. The van der Waals surface area contributed by atoms with Crippen LogP contribution in [0.3, 0.4) is 0 Å². The first kappa shape index (κ1) is 53.0. The lowest BCUT2D eigenvalue weighted by molar-refractivity contribution is -0.201. The molecule has 0 unspecified atom stereocenters. The standard InChI is InChI=1S/C52H100N2O4/c1-40(2,3)49(41(4,5)6)32-36(33-50(53-49,42(7,8)9)43(10,11)12)48(39(57)58,31-29-27-25-26-28-30-38(55)56)37-34-51(44(13,14)15,45(16,17)18)54-52(35-37,46(19,20)21)47(22,23)24/h36-37,53-54H,25-35H2,1-24H3,(H,55,56)(H,57,58). The summed E-state index contributed by atoms with van der Waals surface area (Å²) in [4.78, 5) is 26.7. The summed E-state index contributed by atoms with van der Waals surface area (Å²) in [5.41, 5.74) is -4.04. The molecule has 2 aliphatic rings. The van der Waals surface area contributed by atoms with Crippen molar-refractivity contribution in [2.75, 3.05) is 0 Å². The van der Waals surface area contributed by atoms with E-state index < -0.39 is 17.4 Å². The molecule has 0 bridgehead atoms. The van der Waals surface area contributed by atoms with Gasteiger partial charge in [-0.25, -0.2) is 0 Å². The van der Waals surface area contributed by atoms with Crippen LogP contribution in [0.2, 0.25) is 0 Å². The highest BCUT2D eigenvalue weighted by Gasteiger charge is 2.71. The summed E-state index contributed by atoms with van der Waals surface area (Å²) in [5, 5.41) is 31.1. The first-order valence-corrected chi connectivity index (χ1v) is 23.4. The average Bonchev–Trinajstić information content (AvgIpc) is 2.97. The Kier molecular flexibility index (Phi) is 14.8. The minimum atomic E-state index is -1.02. The van der Waals surface area contributed by atoms with Crippen molar-refractivity contribution >= 4 is 11.9 Å². The molecule has 2 aliphatic heterocycles. The smallest absolute Gasteiger partial charge is 0.310 e. The van der Waals surface area contributed by atoms with Gasteiger partial charge in [0.1, 0.15) is 0 Å². The Balaban J connectivity index is 3.32. The van der Waals surface area contributed by atoms with Gasteiger partial charge in [-0.05, 0) is 93.7 Å². The van der Waals surface area contributed by atoms with Gasteiger partial charge < -0.3 is 20.8 Å². The topological polar surface area (TPSA) is 98.7 Å². The molecule has 0 atom stereocenters. The van der Waals surface area contributed by atoms with Crippen molar-refractivity contribution in [2.24, 2.45) is 60.6 Å². The second kappa shape index (κ2) is 16.2. The summed E-state index contributed by atoms with van der Waals surface area (Å²) in [7, 11) is 0. The first-order chi connectivity index (χ1) is 25.4. The fourth-order valence-electron chi connectivity index (χ4n) is 14.2. The monoisotopic (exact) mass is 817 g/mol. The number of carboxylic acid groups (broad SMARTS) is 2. The predicted octanol–water partition coefficient (Wildman–Crippen LogP) is 14.2. The summed E-state index contributed by atoms with van der Waals surface area (Å²) in [6.07, 6.45) is 8.15. The quantitative estimate of drug-likeness (QED) is 0.155. The van der Waals surface area contributed by atoms with Gasteiger partial charge in [0, 0.05) is 28.6 Å². The van der Waals surface area contributed by atoms with Gasteiger partial charge in [-0.3, -0.25) is 9.59 Å². The van der Waals surface area contributed by atoms with E-state index >= 15 is 4.79 Å². The predicted molar refractivity (Wildman–Crippen MR) is 248 cm³/mol. The van der Waals surface area contributed by atoms with Crippen molar-refractivity contribution in [3.8, 4) is 0 Å². The van der Waals surface area contributed by atoms with Gasteiger partial charge in [-0.2, -0.15) is 0 Å². The summed E-state index contributed by atoms with van der Waals surface area (Å²) >= 11 is 0. The Labute approximate surface area is 360 Å². The van der Waals surface area contributed by atoms with E-state index in [-0.39, 0.29) is 83.7 Å². The first-order valence-electron chi connectivity index (χ1n) is 23.4. The number of rotatable bonds is 11. The third-order valence-electron chi connectivity index (χ3n) is 17.1. The summed E-state index contributed by atoms with van der Waals surface area (Å²) in [5.74, 6) is -1.56. The summed E-state index contributed by atoms with van der Waals surface area (Å²) in [6.45, 7) is 57.4. The number of aliphatic carboxylic acids is 2. The summed E-state index contributed by atoms with van der Waals surface area (Å²) in [6, 6.07) is 0. The number of hydrogen-bond acceptors (Lipinski definition) is 4. The molecule has 2 fully saturated rings. The number of hydrogen-bond donors (Lipinski definition) is 4. The lowest BCUT2D eigenvalue weighted by Crippen LogP contribution is -2.81. The molecule has 0 aromatic rings. The van der Waals surface area contributed by atoms with Gasteiger partial charge in [-0.1, -0.05) is 192 Å². The largest absolute Gasteiger partial charge is 0.481 e.